The number of hydrogen-bond donors (Lipinski definition) is 0. The van der Waals surface area contributed by atoms with Crippen molar-refractivity contribution in [3.8, 4) is 10.7 Å². The number of carbonyl (C=O) groups is 1. The van der Waals surface area contributed by atoms with Gasteiger partial charge in [-0.2, -0.15) is 0 Å². The van der Waals surface area contributed by atoms with Gasteiger partial charge in [-0.05, 0) is 25.0 Å². The standard InChI is InChI=1S/C16H21N3OS/c1-3-4-11-19(2)15(20)9-8-13-12-21-16(18-13)14-7-5-6-10-17-14/h5-7,10,12H,3-4,8-9,11H2,1-2H3. The Balaban J connectivity index is 1.87. The largest absolute Gasteiger partial charge is 0.346 e. The second-order valence-corrected chi connectivity index (χ2v) is 5.89. The van der Waals surface area contributed by atoms with Gasteiger partial charge in [0.2, 0.25) is 5.91 Å². The second kappa shape index (κ2) is 7.88. The number of rotatable bonds is 7. The SMILES string of the molecule is CCCCN(C)C(=O)CCc1csc(-c2ccccn2)n1. The number of nitrogens with zero attached hydrogens (tertiary/aromatic N) is 3. The van der Waals surface area contributed by atoms with Gasteiger partial charge in [-0.15, -0.1) is 11.3 Å². The van der Waals surface area contributed by atoms with Gasteiger partial charge in [0.15, 0.2) is 0 Å². The monoisotopic (exact) mass is 303 g/mol. The van der Waals surface area contributed by atoms with Crippen molar-refractivity contribution < 1.29 is 4.79 Å². The zero-order chi connectivity index (χ0) is 15.1. The Hall–Kier alpha value is -1.75. The van der Waals surface area contributed by atoms with E-state index < -0.39 is 0 Å². The van der Waals surface area contributed by atoms with E-state index in [4.69, 9.17) is 0 Å². The summed E-state index contributed by atoms with van der Waals surface area (Å²) in [5.41, 5.74) is 1.86. The van der Waals surface area contributed by atoms with E-state index in [-0.39, 0.29) is 5.91 Å². The van der Waals surface area contributed by atoms with Crippen molar-refractivity contribution >= 4 is 17.2 Å². The maximum Gasteiger partial charge on any atom is 0.222 e. The minimum absolute atomic E-state index is 0.191. The molecule has 0 atom stereocenters. The van der Waals surface area contributed by atoms with Gasteiger partial charge < -0.3 is 4.90 Å². The summed E-state index contributed by atoms with van der Waals surface area (Å²) in [6.07, 6.45) is 5.15. The van der Waals surface area contributed by atoms with Crippen molar-refractivity contribution in [3.63, 3.8) is 0 Å². The van der Waals surface area contributed by atoms with Gasteiger partial charge in [-0.1, -0.05) is 19.4 Å². The van der Waals surface area contributed by atoms with Crippen LogP contribution in [0.25, 0.3) is 10.7 Å². The third kappa shape index (κ3) is 4.63. The number of thiazole rings is 1. The van der Waals surface area contributed by atoms with E-state index in [0.29, 0.717) is 12.8 Å². The molecule has 2 aromatic rings. The Morgan fingerprint density at radius 1 is 1.38 bits per heavy atom. The molecule has 2 aromatic heterocycles. The highest BCUT2D eigenvalue weighted by Gasteiger charge is 2.10. The summed E-state index contributed by atoms with van der Waals surface area (Å²) in [5, 5.41) is 2.93. The van der Waals surface area contributed by atoms with Crippen LogP contribution in [0.5, 0.6) is 0 Å². The van der Waals surface area contributed by atoms with Crippen LogP contribution >= 0.6 is 11.3 Å². The fourth-order valence-electron chi connectivity index (χ4n) is 1.97. The molecule has 4 nitrogen and oxygen atoms in total. The Labute approximate surface area is 129 Å². The first-order chi connectivity index (χ1) is 10.2. The smallest absolute Gasteiger partial charge is 0.222 e. The minimum atomic E-state index is 0.191. The number of hydrogen-bond acceptors (Lipinski definition) is 4. The lowest BCUT2D eigenvalue weighted by molar-refractivity contribution is -0.129. The predicted molar refractivity (Wildman–Crippen MR) is 86.2 cm³/mol. The lowest BCUT2D eigenvalue weighted by Crippen LogP contribution is -2.27. The Kier molecular flexibility index (Phi) is 5.87. The molecule has 112 valence electrons. The molecule has 0 bridgehead atoms. The molecule has 0 aliphatic carbocycles. The van der Waals surface area contributed by atoms with Crippen LogP contribution in [0, 0.1) is 0 Å². The fourth-order valence-corrected chi connectivity index (χ4v) is 2.80. The molecule has 0 spiro atoms. The minimum Gasteiger partial charge on any atom is -0.346 e. The van der Waals surface area contributed by atoms with Crippen LogP contribution in [-0.4, -0.2) is 34.4 Å². The molecule has 0 aromatic carbocycles. The summed E-state index contributed by atoms with van der Waals surface area (Å²) in [7, 11) is 1.87. The van der Waals surface area contributed by atoms with Crippen LogP contribution in [0.2, 0.25) is 0 Å². The molecule has 5 heteroatoms. The number of unbranched alkanes of at least 4 members (excludes halogenated alkanes) is 1. The molecule has 0 N–H and O–H groups in total. The summed E-state index contributed by atoms with van der Waals surface area (Å²) in [6.45, 7) is 2.97. The number of aromatic nitrogens is 2. The van der Waals surface area contributed by atoms with Crippen molar-refractivity contribution in [2.24, 2.45) is 0 Å². The topological polar surface area (TPSA) is 46.1 Å². The third-order valence-corrected chi connectivity index (χ3v) is 4.22. The predicted octanol–water partition coefficient (Wildman–Crippen LogP) is 3.40. The van der Waals surface area contributed by atoms with Gasteiger partial charge >= 0.3 is 0 Å². The van der Waals surface area contributed by atoms with Crippen LogP contribution in [0.1, 0.15) is 31.9 Å². The molecule has 0 saturated heterocycles. The lowest BCUT2D eigenvalue weighted by Gasteiger charge is -2.16. The van der Waals surface area contributed by atoms with Gasteiger partial charge in [0.05, 0.1) is 11.4 Å². The highest BCUT2D eigenvalue weighted by Crippen LogP contribution is 2.21. The molecule has 2 heterocycles. The maximum absolute atomic E-state index is 12.0. The van der Waals surface area contributed by atoms with Crippen LogP contribution in [0.3, 0.4) is 0 Å². The highest BCUT2D eigenvalue weighted by atomic mass is 32.1. The van der Waals surface area contributed by atoms with Gasteiger partial charge in [-0.3, -0.25) is 9.78 Å². The quantitative estimate of drug-likeness (QED) is 0.787. The van der Waals surface area contributed by atoms with Crippen LogP contribution in [0.15, 0.2) is 29.8 Å². The zero-order valence-electron chi connectivity index (χ0n) is 12.6. The second-order valence-electron chi connectivity index (χ2n) is 5.03. The van der Waals surface area contributed by atoms with Gasteiger partial charge in [0.1, 0.15) is 5.01 Å². The number of amides is 1. The number of aryl methyl sites for hydroxylation is 1. The first-order valence-electron chi connectivity index (χ1n) is 7.30. The van der Waals surface area contributed by atoms with Gasteiger partial charge in [0.25, 0.3) is 0 Å². The van der Waals surface area contributed by atoms with Crippen LogP contribution < -0.4 is 0 Å². The van der Waals surface area contributed by atoms with E-state index in [1.54, 1.807) is 17.5 Å². The van der Waals surface area contributed by atoms with Gasteiger partial charge in [-0.25, -0.2) is 4.98 Å². The van der Waals surface area contributed by atoms with Gasteiger partial charge in [0, 0.05) is 31.6 Å². The Bertz CT molecular complexity index is 568. The third-order valence-electron chi connectivity index (χ3n) is 3.30. The summed E-state index contributed by atoms with van der Waals surface area (Å²) in [6, 6.07) is 5.80. The van der Waals surface area contributed by atoms with E-state index >= 15 is 0 Å². The maximum atomic E-state index is 12.0. The fraction of sp³-hybridized carbons (Fsp3) is 0.438. The first-order valence-corrected chi connectivity index (χ1v) is 8.18. The molecular formula is C16H21N3OS. The average Bonchev–Trinajstić information content (AvgIpc) is 3.00. The summed E-state index contributed by atoms with van der Waals surface area (Å²) < 4.78 is 0. The van der Waals surface area contributed by atoms with Crippen molar-refractivity contribution in [3.05, 3.63) is 35.5 Å². The number of carbonyl (C=O) groups excluding carboxylic acids is 1. The molecule has 0 saturated carbocycles. The molecule has 0 fully saturated rings. The molecule has 0 unspecified atom stereocenters. The molecule has 0 aliphatic rings. The van der Waals surface area contributed by atoms with E-state index in [0.717, 1.165) is 35.8 Å². The molecule has 21 heavy (non-hydrogen) atoms. The summed E-state index contributed by atoms with van der Waals surface area (Å²) in [5.74, 6) is 0.191. The van der Waals surface area contributed by atoms with Crippen molar-refractivity contribution in [1.29, 1.82) is 0 Å². The van der Waals surface area contributed by atoms with Crippen molar-refractivity contribution in [2.45, 2.75) is 32.6 Å². The van der Waals surface area contributed by atoms with Crippen molar-refractivity contribution in [1.82, 2.24) is 14.9 Å². The van der Waals surface area contributed by atoms with E-state index in [1.807, 2.05) is 35.5 Å². The molecule has 0 radical (unpaired) electrons. The Morgan fingerprint density at radius 3 is 2.95 bits per heavy atom. The molecule has 2 rings (SSSR count). The Morgan fingerprint density at radius 2 is 2.24 bits per heavy atom. The molecular weight excluding hydrogens is 282 g/mol. The van der Waals surface area contributed by atoms with Crippen LogP contribution in [0.4, 0.5) is 0 Å². The zero-order valence-corrected chi connectivity index (χ0v) is 13.4. The first kappa shape index (κ1) is 15.6. The van der Waals surface area contributed by atoms with E-state index in [1.165, 1.54) is 0 Å². The number of pyridine rings is 1. The lowest BCUT2D eigenvalue weighted by atomic mass is 10.2. The summed E-state index contributed by atoms with van der Waals surface area (Å²) >= 11 is 1.58. The summed E-state index contributed by atoms with van der Waals surface area (Å²) in [4.78, 5) is 22.7. The van der Waals surface area contributed by atoms with Crippen LogP contribution in [-0.2, 0) is 11.2 Å². The molecule has 0 aliphatic heterocycles. The highest BCUT2D eigenvalue weighted by molar-refractivity contribution is 7.13. The van der Waals surface area contributed by atoms with Crippen molar-refractivity contribution in [2.75, 3.05) is 13.6 Å². The normalized spacial score (nSPS) is 10.6. The van der Waals surface area contributed by atoms with E-state index in [9.17, 15) is 4.79 Å². The molecule has 1 amide bonds. The van der Waals surface area contributed by atoms with E-state index in [2.05, 4.69) is 16.9 Å². The average molecular weight is 303 g/mol.